The van der Waals surface area contributed by atoms with Gasteiger partial charge < -0.3 is 5.73 Å². The Kier molecular flexibility index (Phi) is 2.58. The van der Waals surface area contributed by atoms with Gasteiger partial charge in [0.25, 0.3) is 0 Å². The highest BCUT2D eigenvalue weighted by atomic mass is 35.5. The molecule has 0 aliphatic heterocycles. The zero-order valence-corrected chi connectivity index (χ0v) is 7.77. The summed E-state index contributed by atoms with van der Waals surface area (Å²) in [6.45, 7) is 0. The molecule has 0 heterocycles. The molecular formula is C6H9ClN2O2S. The number of halogens is 1. The fourth-order valence-corrected chi connectivity index (χ4v) is 1.75. The summed E-state index contributed by atoms with van der Waals surface area (Å²) in [5, 5.41) is 5.20. The molecule has 68 valence electrons. The SMILES string of the molecule is NC1CC=C(S(N)(=O)=O)C=C1Cl. The van der Waals surface area contributed by atoms with E-state index in [1.165, 1.54) is 12.2 Å². The van der Waals surface area contributed by atoms with Crippen LogP contribution in [0.1, 0.15) is 6.42 Å². The number of allylic oxidation sites excluding steroid dienone is 1. The summed E-state index contributed by atoms with van der Waals surface area (Å²) in [7, 11) is -3.64. The van der Waals surface area contributed by atoms with Crippen LogP contribution < -0.4 is 10.9 Å². The molecule has 0 aromatic rings. The van der Waals surface area contributed by atoms with E-state index in [0.29, 0.717) is 11.5 Å². The first-order valence-corrected chi connectivity index (χ1v) is 5.19. The molecule has 1 unspecified atom stereocenters. The summed E-state index contributed by atoms with van der Waals surface area (Å²) >= 11 is 5.64. The lowest BCUT2D eigenvalue weighted by atomic mass is 10.1. The average Bonchev–Trinajstić information content (AvgIpc) is 1.92. The molecule has 12 heavy (non-hydrogen) atoms. The second-order valence-corrected chi connectivity index (χ2v) is 4.52. The van der Waals surface area contributed by atoms with Gasteiger partial charge in [-0.1, -0.05) is 17.7 Å². The van der Waals surface area contributed by atoms with Crippen molar-refractivity contribution in [3.63, 3.8) is 0 Å². The number of nitrogens with two attached hydrogens (primary N) is 2. The van der Waals surface area contributed by atoms with Crippen LogP contribution in [0.25, 0.3) is 0 Å². The van der Waals surface area contributed by atoms with Gasteiger partial charge in [0.05, 0.1) is 4.91 Å². The molecule has 0 fully saturated rings. The Bertz CT molecular complexity index is 345. The molecule has 0 aromatic carbocycles. The van der Waals surface area contributed by atoms with Gasteiger partial charge in [-0.3, -0.25) is 0 Å². The summed E-state index contributed by atoms with van der Waals surface area (Å²) in [6.07, 6.45) is 3.15. The lowest BCUT2D eigenvalue weighted by molar-refractivity contribution is 0.604. The average molecular weight is 209 g/mol. The first-order valence-electron chi connectivity index (χ1n) is 3.27. The molecule has 0 spiro atoms. The Morgan fingerprint density at radius 2 is 2.17 bits per heavy atom. The third-order valence-electron chi connectivity index (χ3n) is 1.54. The highest BCUT2D eigenvalue weighted by molar-refractivity contribution is 7.93. The minimum Gasteiger partial charge on any atom is -0.323 e. The van der Waals surface area contributed by atoms with Crippen molar-refractivity contribution in [3.8, 4) is 0 Å². The van der Waals surface area contributed by atoms with E-state index in [9.17, 15) is 8.42 Å². The van der Waals surface area contributed by atoms with Crippen LogP contribution in [-0.4, -0.2) is 14.5 Å². The van der Waals surface area contributed by atoms with E-state index < -0.39 is 10.0 Å². The minimum absolute atomic E-state index is 0.0363. The van der Waals surface area contributed by atoms with Gasteiger partial charge in [0.15, 0.2) is 0 Å². The predicted molar refractivity (Wildman–Crippen MR) is 47.7 cm³/mol. The summed E-state index contributed by atoms with van der Waals surface area (Å²) in [5.74, 6) is 0. The van der Waals surface area contributed by atoms with Gasteiger partial charge in [-0.2, -0.15) is 0 Å². The van der Waals surface area contributed by atoms with Gasteiger partial charge in [0.2, 0.25) is 10.0 Å². The van der Waals surface area contributed by atoms with Crippen molar-refractivity contribution in [3.05, 3.63) is 22.1 Å². The third-order valence-corrected chi connectivity index (χ3v) is 2.87. The van der Waals surface area contributed by atoms with Crippen molar-refractivity contribution < 1.29 is 8.42 Å². The maximum atomic E-state index is 10.8. The van der Waals surface area contributed by atoms with Crippen molar-refractivity contribution in [1.82, 2.24) is 0 Å². The van der Waals surface area contributed by atoms with Crippen LogP contribution in [0.15, 0.2) is 22.1 Å². The highest BCUT2D eigenvalue weighted by Gasteiger charge is 2.17. The van der Waals surface area contributed by atoms with Gasteiger partial charge >= 0.3 is 0 Å². The normalized spacial score (nSPS) is 24.8. The quantitative estimate of drug-likeness (QED) is 0.637. The van der Waals surface area contributed by atoms with Crippen molar-refractivity contribution in [2.45, 2.75) is 12.5 Å². The molecule has 0 bridgehead atoms. The van der Waals surface area contributed by atoms with Crippen LogP contribution in [0, 0.1) is 0 Å². The van der Waals surface area contributed by atoms with Gasteiger partial charge in [0, 0.05) is 11.1 Å². The van der Waals surface area contributed by atoms with Gasteiger partial charge in [-0.15, -0.1) is 0 Å². The summed E-state index contributed by atoms with van der Waals surface area (Å²) in [5.41, 5.74) is 5.50. The Morgan fingerprint density at radius 3 is 2.58 bits per heavy atom. The Morgan fingerprint density at radius 1 is 1.58 bits per heavy atom. The highest BCUT2D eigenvalue weighted by Crippen LogP contribution is 2.21. The van der Waals surface area contributed by atoms with Crippen molar-refractivity contribution in [2.24, 2.45) is 10.9 Å². The molecule has 0 saturated carbocycles. The van der Waals surface area contributed by atoms with E-state index in [0.717, 1.165) is 0 Å². The topological polar surface area (TPSA) is 86.2 Å². The van der Waals surface area contributed by atoms with Crippen LogP contribution >= 0.6 is 11.6 Å². The zero-order valence-electron chi connectivity index (χ0n) is 6.20. The molecule has 6 heteroatoms. The molecule has 4 N–H and O–H groups in total. The summed E-state index contributed by atoms with van der Waals surface area (Å²) in [4.78, 5) is 0.0363. The van der Waals surface area contributed by atoms with E-state index in [1.807, 2.05) is 0 Å². The molecule has 0 radical (unpaired) electrons. The van der Waals surface area contributed by atoms with Crippen LogP contribution in [0.4, 0.5) is 0 Å². The third kappa shape index (κ3) is 2.07. The molecule has 0 amide bonds. The minimum atomic E-state index is -3.64. The number of rotatable bonds is 1. The molecule has 0 aromatic heterocycles. The number of primary sulfonamides is 1. The number of sulfonamides is 1. The van der Waals surface area contributed by atoms with Gasteiger partial charge in [-0.05, 0) is 12.5 Å². The Labute approximate surface area is 75.9 Å². The molecule has 4 nitrogen and oxygen atoms in total. The number of hydrogen-bond acceptors (Lipinski definition) is 3. The lowest BCUT2D eigenvalue weighted by Crippen LogP contribution is -2.24. The second-order valence-electron chi connectivity index (χ2n) is 2.52. The molecule has 1 rings (SSSR count). The van der Waals surface area contributed by atoms with E-state index in [2.05, 4.69) is 0 Å². The zero-order chi connectivity index (χ0) is 9.35. The first kappa shape index (κ1) is 9.73. The van der Waals surface area contributed by atoms with E-state index in [-0.39, 0.29) is 10.9 Å². The van der Waals surface area contributed by atoms with Crippen LogP contribution in [0.5, 0.6) is 0 Å². The lowest BCUT2D eigenvalue weighted by Gasteiger charge is -2.13. The fraction of sp³-hybridized carbons (Fsp3) is 0.333. The molecule has 1 aliphatic rings. The van der Waals surface area contributed by atoms with Gasteiger partial charge in [-0.25, -0.2) is 13.6 Å². The van der Waals surface area contributed by atoms with Gasteiger partial charge in [0.1, 0.15) is 0 Å². The predicted octanol–water partition coefficient (Wildman–Crippen LogP) is 0.0125. The number of hydrogen-bond donors (Lipinski definition) is 2. The molecule has 1 atom stereocenters. The summed E-state index contributed by atoms with van der Waals surface area (Å²) < 4.78 is 21.6. The summed E-state index contributed by atoms with van der Waals surface area (Å²) in [6, 6.07) is -0.308. The van der Waals surface area contributed by atoms with Crippen molar-refractivity contribution in [2.75, 3.05) is 0 Å². The molecular weight excluding hydrogens is 200 g/mol. The van der Waals surface area contributed by atoms with E-state index in [4.69, 9.17) is 22.5 Å². The van der Waals surface area contributed by atoms with Crippen molar-refractivity contribution >= 4 is 21.6 Å². The van der Waals surface area contributed by atoms with E-state index >= 15 is 0 Å². The van der Waals surface area contributed by atoms with Crippen LogP contribution in [-0.2, 0) is 10.0 Å². The second kappa shape index (κ2) is 3.18. The Balaban J connectivity index is 3.01. The monoisotopic (exact) mass is 208 g/mol. The molecule has 0 saturated heterocycles. The van der Waals surface area contributed by atoms with Crippen molar-refractivity contribution in [1.29, 1.82) is 0 Å². The largest absolute Gasteiger partial charge is 0.323 e. The van der Waals surface area contributed by atoms with E-state index in [1.54, 1.807) is 0 Å². The fourth-order valence-electron chi connectivity index (χ4n) is 0.856. The standard InChI is InChI=1S/C6H9ClN2O2S/c7-5-3-4(12(9,10)11)1-2-6(5)8/h1,3,6H,2,8H2,(H2,9,10,11). The first-order chi connectivity index (χ1) is 5.41. The Hall–Kier alpha value is -0.360. The maximum absolute atomic E-state index is 10.8. The van der Waals surface area contributed by atoms with Crippen LogP contribution in [0.2, 0.25) is 0 Å². The molecule has 1 aliphatic carbocycles. The maximum Gasteiger partial charge on any atom is 0.237 e. The smallest absolute Gasteiger partial charge is 0.237 e. The van der Waals surface area contributed by atoms with Crippen LogP contribution in [0.3, 0.4) is 0 Å².